The van der Waals surface area contributed by atoms with Gasteiger partial charge in [-0.1, -0.05) is 0 Å². The molecule has 0 spiro atoms. The Labute approximate surface area is 117 Å². The Hall–Kier alpha value is -1.40. The van der Waals surface area contributed by atoms with Crippen molar-refractivity contribution < 1.29 is 27.8 Å². The Morgan fingerprint density at radius 2 is 1.95 bits per heavy atom. The number of nitrogens with zero attached hydrogens (tertiary/aromatic N) is 1. The summed E-state index contributed by atoms with van der Waals surface area (Å²) >= 11 is 0. The highest BCUT2D eigenvalue weighted by atomic mass is 19.3. The molecule has 20 heavy (non-hydrogen) atoms. The van der Waals surface area contributed by atoms with Crippen LogP contribution in [0.4, 0.5) is 13.6 Å². The summed E-state index contributed by atoms with van der Waals surface area (Å²) < 4.78 is 36.8. The normalized spacial score (nSPS) is 22.3. The predicted octanol–water partition coefficient (Wildman–Crippen LogP) is 2.58. The van der Waals surface area contributed by atoms with E-state index in [4.69, 9.17) is 9.47 Å². The van der Waals surface area contributed by atoms with Gasteiger partial charge in [-0.2, -0.15) is 0 Å². The fourth-order valence-corrected chi connectivity index (χ4v) is 1.92. The zero-order valence-corrected chi connectivity index (χ0v) is 12.2. The van der Waals surface area contributed by atoms with Gasteiger partial charge < -0.3 is 9.47 Å². The van der Waals surface area contributed by atoms with Crippen molar-refractivity contribution in [1.29, 1.82) is 0 Å². The van der Waals surface area contributed by atoms with Crippen molar-refractivity contribution in [2.24, 2.45) is 0 Å². The summed E-state index contributed by atoms with van der Waals surface area (Å²) in [7, 11) is 0. The van der Waals surface area contributed by atoms with E-state index in [1.54, 1.807) is 27.7 Å². The molecule has 0 N–H and O–H groups in total. The van der Waals surface area contributed by atoms with E-state index in [9.17, 15) is 18.4 Å². The van der Waals surface area contributed by atoms with Crippen LogP contribution in [0.25, 0.3) is 0 Å². The van der Waals surface area contributed by atoms with Crippen LogP contribution in [0.1, 0.15) is 40.5 Å². The second-order valence-corrected chi connectivity index (χ2v) is 5.75. The summed E-state index contributed by atoms with van der Waals surface area (Å²) in [6.45, 7) is 6.43. The minimum absolute atomic E-state index is 0.0725. The van der Waals surface area contributed by atoms with Crippen LogP contribution in [0.2, 0.25) is 0 Å². The molecule has 1 aliphatic rings. The highest BCUT2D eigenvalue weighted by Crippen LogP contribution is 2.33. The Bertz CT molecular complexity index is 379. The van der Waals surface area contributed by atoms with Gasteiger partial charge in [-0.25, -0.2) is 18.4 Å². The number of carbonyl (C=O) groups is 2. The lowest BCUT2D eigenvalue weighted by Gasteiger charge is -2.38. The standard InChI is InChI=1S/C13H21F2NO4/c1-5-19-10(17)9-8-13(14,15)6-7-16(9)11(18)20-12(2,3)4/h9H,5-8H2,1-4H3/t9-/m1/s1. The number of piperidine rings is 1. The van der Waals surface area contributed by atoms with Gasteiger partial charge in [0.05, 0.1) is 6.61 Å². The van der Waals surface area contributed by atoms with Gasteiger partial charge in [-0.15, -0.1) is 0 Å². The van der Waals surface area contributed by atoms with Crippen LogP contribution in [0, 0.1) is 0 Å². The van der Waals surface area contributed by atoms with E-state index < -0.39 is 42.5 Å². The molecule has 0 saturated carbocycles. The molecule has 0 aromatic heterocycles. The van der Waals surface area contributed by atoms with E-state index in [0.29, 0.717) is 0 Å². The zero-order chi connectivity index (χ0) is 15.6. The molecule has 0 aliphatic carbocycles. The van der Waals surface area contributed by atoms with Gasteiger partial charge in [-0.3, -0.25) is 4.90 Å². The molecule has 0 radical (unpaired) electrons. The van der Waals surface area contributed by atoms with E-state index in [-0.39, 0.29) is 13.2 Å². The van der Waals surface area contributed by atoms with Gasteiger partial charge >= 0.3 is 12.1 Å². The van der Waals surface area contributed by atoms with Gasteiger partial charge in [0.15, 0.2) is 0 Å². The van der Waals surface area contributed by atoms with Crippen LogP contribution in [0.5, 0.6) is 0 Å². The highest BCUT2D eigenvalue weighted by Gasteiger charge is 2.46. The third-order valence-electron chi connectivity index (χ3n) is 2.77. The van der Waals surface area contributed by atoms with Crippen molar-refractivity contribution in [2.45, 2.75) is 58.1 Å². The molecule has 1 amide bonds. The molecule has 1 rings (SSSR count). The molecule has 0 aromatic rings. The van der Waals surface area contributed by atoms with Crippen LogP contribution >= 0.6 is 0 Å². The van der Waals surface area contributed by atoms with Crippen molar-refractivity contribution in [3.63, 3.8) is 0 Å². The first kappa shape index (κ1) is 16.7. The van der Waals surface area contributed by atoms with Crippen LogP contribution in [-0.2, 0) is 14.3 Å². The minimum Gasteiger partial charge on any atom is -0.464 e. The molecule has 0 unspecified atom stereocenters. The Balaban J connectivity index is 2.86. The van der Waals surface area contributed by atoms with E-state index >= 15 is 0 Å². The lowest BCUT2D eigenvalue weighted by Crippen LogP contribution is -2.54. The summed E-state index contributed by atoms with van der Waals surface area (Å²) in [5.41, 5.74) is -0.754. The first-order valence-corrected chi connectivity index (χ1v) is 6.60. The Morgan fingerprint density at radius 3 is 2.45 bits per heavy atom. The summed E-state index contributed by atoms with van der Waals surface area (Å²) in [5.74, 6) is -3.80. The minimum atomic E-state index is -2.98. The second kappa shape index (κ2) is 5.93. The molecular weight excluding hydrogens is 272 g/mol. The quantitative estimate of drug-likeness (QED) is 0.734. The number of ether oxygens (including phenoxy) is 2. The predicted molar refractivity (Wildman–Crippen MR) is 67.5 cm³/mol. The molecule has 1 heterocycles. The third kappa shape index (κ3) is 4.61. The maximum Gasteiger partial charge on any atom is 0.411 e. The number of amides is 1. The van der Waals surface area contributed by atoms with E-state index in [2.05, 4.69) is 0 Å². The number of hydrogen-bond donors (Lipinski definition) is 0. The number of likely N-dealkylation sites (tertiary alicyclic amines) is 1. The maximum atomic E-state index is 13.4. The smallest absolute Gasteiger partial charge is 0.411 e. The van der Waals surface area contributed by atoms with E-state index in [1.165, 1.54) is 0 Å². The van der Waals surface area contributed by atoms with Crippen molar-refractivity contribution in [3.8, 4) is 0 Å². The fourth-order valence-electron chi connectivity index (χ4n) is 1.92. The molecular formula is C13H21F2NO4. The molecule has 1 atom stereocenters. The SMILES string of the molecule is CCOC(=O)[C@H]1CC(F)(F)CCN1C(=O)OC(C)(C)C. The largest absolute Gasteiger partial charge is 0.464 e. The van der Waals surface area contributed by atoms with Crippen LogP contribution < -0.4 is 0 Å². The first-order chi connectivity index (χ1) is 9.06. The number of alkyl halides is 2. The number of hydrogen-bond acceptors (Lipinski definition) is 4. The molecule has 0 aromatic carbocycles. The Kier molecular flexibility index (Phi) is 4.94. The number of halogens is 2. The molecule has 1 aliphatic heterocycles. The third-order valence-corrected chi connectivity index (χ3v) is 2.77. The summed E-state index contributed by atoms with van der Waals surface area (Å²) in [4.78, 5) is 24.8. The number of carbonyl (C=O) groups excluding carboxylic acids is 2. The number of rotatable bonds is 2. The van der Waals surface area contributed by atoms with Crippen molar-refractivity contribution >= 4 is 12.1 Å². The number of esters is 1. The molecule has 7 heteroatoms. The summed E-state index contributed by atoms with van der Waals surface area (Å²) in [6, 6.07) is -1.30. The molecule has 116 valence electrons. The van der Waals surface area contributed by atoms with Crippen molar-refractivity contribution in [1.82, 2.24) is 4.90 Å². The topological polar surface area (TPSA) is 55.8 Å². The van der Waals surface area contributed by atoms with Gasteiger partial charge in [-0.05, 0) is 27.7 Å². The fraction of sp³-hybridized carbons (Fsp3) is 0.846. The van der Waals surface area contributed by atoms with Gasteiger partial charge in [0.25, 0.3) is 5.92 Å². The molecule has 1 fully saturated rings. The highest BCUT2D eigenvalue weighted by molar-refractivity contribution is 5.82. The van der Waals surface area contributed by atoms with Gasteiger partial charge in [0, 0.05) is 19.4 Å². The zero-order valence-electron chi connectivity index (χ0n) is 12.2. The van der Waals surface area contributed by atoms with Crippen molar-refractivity contribution in [3.05, 3.63) is 0 Å². The lowest BCUT2D eigenvalue weighted by molar-refractivity contribution is -0.158. The van der Waals surface area contributed by atoms with Crippen LogP contribution in [0.3, 0.4) is 0 Å². The first-order valence-electron chi connectivity index (χ1n) is 6.60. The van der Waals surface area contributed by atoms with Gasteiger partial charge in [0.1, 0.15) is 11.6 Å². The van der Waals surface area contributed by atoms with E-state index in [0.717, 1.165) is 4.90 Å². The second-order valence-electron chi connectivity index (χ2n) is 5.75. The summed E-state index contributed by atoms with van der Waals surface area (Å²) in [6.07, 6.45) is -1.99. The lowest BCUT2D eigenvalue weighted by atomic mass is 9.99. The van der Waals surface area contributed by atoms with Crippen LogP contribution in [0.15, 0.2) is 0 Å². The van der Waals surface area contributed by atoms with Crippen molar-refractivity contribution in [2.75, 3.05) is 13.2 Å². The van der Waals surface area contributed by atoms with Crippen LogP contribution in [-0.4, -0.2) is 47.7 Å². The van der Waals surface area contributed by atoms with Gasteiger partial charge in [0.2, 0.25) is 0 Å². The summed E-state index contributed by atoms with van der Waals surface area (Å²) in [5, 5.41) is 0. The Morgan fingerprint density at radius 1 is 1.35 bits per heavy atom. The van der Waals surface area contributed by atoms with E-state index in [1.807, 2.05) is 0 Å². The average Bonchev–Trinajstić information content (AvgIpc) is 2.25. The molecule has 1 saturated heterocycles. The molecule has 5 nitrogen and oxygen atoms in total. The molecule has 0 bridgehead atoms. The monoisotopic (exact) mass is 293 g/mol. The maximum absolute atomic E-state index is 13.4. The average molecular weight is 293 g/mol.